The molecule has 0 unspecified atom stereocenters. The van der Waals surface area contributed by atoms with Crippen molar-refractivity contribution < 1.29 is 9.47 Å². The van der Waals surface area contributed by atoms with E-state index in [0.29, 0.717) is 28.5 Å². The Morgan fingerprint density at radius 1 is 1.06 bits per heavy atom. The van der Waals surface area contributed by atoms with Gasteiger partial charge < -0.3 is 9.47 Å². The summed E-state index contributed by atoms with van der Waals surface area (Å²) in [5.41, 5.74) is 4.09. The van der Waals surface area contributed by atoms with Crippen LogP contribution < -0.4 is 15.0 Å². The van der Waals surface area contributed by atoms with E-state index in [9.17, 15) is 4.79 Å². The summed E-state index contributed by atoms with van der Waals surface area (Å²) in [6.07, 6.45) is 3.45. The molecule has 0 fully saturated rings. The Hall–Kier alpha value is -3.71. The lowest BCUT2D eigenvalue weighted by Gasteiger charge is -2.17. The molecule has 35 heavy (non-hydrogen) atoms. The van der Waals surface area contributed by atoms with Gasteiger partial charge in [0.2, 0.25) is 0 Å². The number of ether oxygens (including phenoxy) is 2. The Balaban J connectivity index is 1.70. The number of rotatable bonds is 7. The highest BCUT2D eigenvalue weighted by atomic mass is 35.5. The largest absolute Gasteiger partial charge is 0.497 e. The number of hydrogen-bond acceptors (Lipinski definition) is 6. The number of methoxy groups -OCH3 is 1. The average Bonchev–Trinajstić information content (AvgIpc) is 2.86. The maximum Gasteiger partial charge on any atom is 0.277 e. The Labute approximate surface area is 209 Å². The molecule has 8 heteroatoms. The maximum atomic E-state index is 13.4. The van der Waals surface area contributed by atoms with Crippen molar-refractivity contribution in [3.63, 3.8) is 0 Å². The van der Waals surface area contributed by atoms with Crippen molar-refractivity contribution in [1.29, 1.82) is 0 Å². The number of aromatic nitrogens is 4. The van der Waals surface area contributed by atoms with E-state index in [2.05, 4.69) is 15.0 Å². The van der Waals surface area contributed by atoms with Crippen LogP contribution in [0.2, 0.25) is 5.02 Å². The van der Waals surface area contributed by atoms with Crippen LogP contribution in [0.5, 0.6) is 11.5 Å². The lowest BCUT2D eigenvalue weighted by atomic mass is 10.1. The molecule has 7 nitrogen and oxygen atoms in total. The van der Waals surface area contributed by atoms with Gasteiger partial charge in [0.1, 0.15) is 29.0 Å². The molecular weight excluding hydrogens is 464 g/mol. The molecule has 0 amide bonds. The van der Waals surface area contributed by atoms with Crippen molar-refractivity contribution in [1.82, 2.24) is 19.5 Å². The molecule has 0 N–H and O–H groups in total. The van der Waals surface area contributed by atoms with Gasteiger partial charge in [0.15, 0.2) is 0 Å². The average molecular weight is 491 g/mol. The smallest absolute Gasteiger partial charge is 0.277 e. The van der Waals surface area contributed by atoms with Crippen molar-refractivity contribution in [2.75, 3.05) is 7.11 Å². The summed E-state index contributed by atoms with van der Waals surface area (Å²) >= 11 is 6.49. The zero-order chi connectivity index (χ0) is 25.1. The molecule has 4 rings (SSSR count). The van der Waals surface area contributed by atoms with Gasteiger partial charge in [-0.3, -0.25) is 14.3 Å². The van der Waals surface area contributed by atoms with Crippen LogP contribution in [0.15, 0.2) is 59.7 Å². The highest BCUT2D eigenvalue weighted by Gasteiger charge is 2.17. The molecule has 4 aromatic rings. The second kappa shape index (κ2) is 10.3. The van der Waals surface area contributed by atoms with Crippen molar-refractivity contribution in [3.05, 3.63) is 92.9 Å². The highest BCUT2D eigenvalue weighted by Crippen LogP contribution is 2.27. The van der Waals surface area contributed by atoms with E-state index in [0.717, 1.165) is 22.7 Å². The Bertz CT molecular complexity index is 1430. The van der Waals surface area contributed by atoms with Gasteiger partial charge in [-0.2, -0.15) is 0 Å². The molecule has 0 saturated carbocycles. The van der Waals surface area contributed by atoms with Crippen LogP contribution in [0, 0.1) is 13.8 Å². The third-order valence-electron chi connectivity index (χ3n) is 5.60. The van der Waals surface area contributed by atoms with Gasteiger partial charge in [-0.1, -0.05) is 37.6 Å². The lowest BCUT2D eigenvalue weighted by Crippen LogP contribution is -2.22. The van der Waals surface area contributed by atoms with E-state index in [4.69, 9.17) is 21.1 Å². The molecule has 180 valence electrons. The summed E-state index contributed by atoms with van der Waals surface area (Å²) in [4.78, 5) is 26.9. The number of hydrogen-bond donors (Lipinski definition) is 0. The minimum Gasteiger partial charge on any atom is -0.497 e. The van der Waals surface area contributed by atoms with E-state index < -0.39 is 0 Å². The van der Waals surface area contributed by atoms with Gasteiger partial charge in [0.25, 0.3) is 5.56 Å². The summed E-state index contributed by atoms with van der Waals surface area (Å²) < 4.78 is 12.7. The third-order valence-corrected chi connectivity index (χ3v) is 5.94. The van der Waals surface area contributed by atoms with Gasteiger partial charge in [-0.25, -0.2) is 9.97 Å². The fourth-order valence-corrected chi connectivity index (χ4v) is 3.89. The molecule has 0 aliphatic carbocycles. The minimum atomic E-state index is -0.363. The molecule has 0 aliphatic rings. The molecule has 0 saturated heterocycles. The maximum absolute atomic E-state index is 13.4. The molecule has 0 bridgehead atoms. The summed E-state index contributed by atoms with van der Waals surface area (Å²) in [5.74, 6) is 1.99. The minimum absolute atomic E-state index is 0.0142. The Morgan fingerprint density at radius 3 is 2.60 bits per heavy atom. The Morgan fingerprint density at radius 2 is 1.86 bits per heavy atom. The molecule has 1 aromatic carbocycles. The van der Waals surface area contributed by atoms with Gasteiger partial charge >= 0.3 is 0 Å². The van der Waals surface area contributed by atoms with Crippen LogP contribution in [0.4, 0.5) is 0 Å². The SMILES string of the molecule is COc1cccc(COc2cc(C)n(-c3cc(-c4ccnc(C(C)C)n4)ncc3C)c(=O)c2Cl)c1. The molecule has 0 radical (unpaired) electrons. The predicted molar refractivity (Wildman–Crippen MR) is 137 cm³/mol. The topological polar surface area (TPSA) is 79.1 Å². The van der Waals surface area contributed by atoms with Crippen molar-refractivity contribution in [2.24, 2.45) is 0 Å². The monoisotopic (exact) mass is 490 g/mol. The Kier molecular flexibility index (Phi) is 7.17. The lowest BCUT2D eigenvalue weighted by molar-refractivity contribution is 0.304. The van der Waals surface area contributed by atoms with Gasteiger partial charge in [-0.15, -0.1) is 0 Å². The molecular formula is C27H27ClN4O3. The highest BCUT2D eigenvalue weighted by molar-refractivity contribution is 6.31. The van der Waals surface area contributed by atoms with Crippen LogP contribution in [0.25, 0.3) is 17.1 Å². The first-order chi connectivity index (χ1) is 16.8. The normalized spacial score (nSPS) is 11.1. The summed E-state index contributed by atoms with van der Waals surface area (Å²) in [6.45, 7) is 8.08. The number of halogens is 1. The number of nitrogens with zero attached hydrogens (tertiary/aromatic N) is 4. The van der Waals surface area contributed by atoms with Gasteiger partial charge in [0.05, 0.1) is 24.2 Å². The van der Waals surface area contributed by atoms with E-state index in [1.54, 1.807) is 30.1 Å². The third kappa shape index (κ3) is 5.20. The first-order valence-electron chi connectivity index (χ1n) is 11.3. The van der Waals surface area contributed by atoms with Gasteiger partial charge in [-0.05, 0) is 49.2 Å². The molecule has 0 spiro atoms. The fourth-order valence-electron chi connectivity index (χ4n) is 3.70. The van der Waals surface area contributed by atoms with E-state index in [-0.39, 0.29) is 23.1 Å². The van der Waals surface area contributed by atoms with E-state index in [1.165, 1.54) is 0 Å². The zero-order valence-electron chi connectivity index (χ0n) is 20.4. The fraction of sp³-hybridized carbons (Fsp3) is 0.259. The first-order valence-corrected chi connectivity index (χ1v) is 11.6. The molecule has 0 atom stereocenters. The van der Waals surface area contributed by atoms with Crippen LogP contribution in [0.3, 0.4) is 0 Å². The second-order valence-corrected chi connectivity index (χ2v) is 8.93. The quantitative estimate of drug-likeness (QED) is 0.332. The zero-order valence-corrected chi connectivity index (χ0v) is 21.1. The number of benzene rings is 1. The summed E-state index contributed by atoms with van der Waals surface area (Å²) in [7, 11) is 1.61. The summed E-state index contributed by atoms with van der Waals surface area (Å²) in [5, 5.41) is 0.0142. The molecule has 3 heterocycles. The van der Waals surface area contributed by atoms with Crippen molar-refractivity contribution in [3.8, 4) is 28.6 Å². The second-order valence-electron chi connectivity index (χ2n) is 8.56. The van der Waals surface area contributed by atoms with Crippen LogP contribution in [0.1, 0.15) is 42.4 Å². The number of aryl methyl sites for hydroxylation is 2. The summed E-state index contributed by atoms with van der Waals surface area (Å²) in [6, 6.07) is 13.0. The van der Waals surface area contributed by atoms with Gasteiger partial charge in [0, 0.05) is 30.1 Å². The van der Waals surface area contributed by atoms with Crippen LogP contribution in [-0.2, 0) is 6.61 Å². The van der Waals surface area contributed by atoms with Crippen LogP contribution >= 0.6 is 11.6 Å². The standard InChI is InChI=1S/C27H27ClN4O3/c1-16(2)26-29-10-9-21(31-26)22-13-23(17(3)14-30-22)32-18(4)11-24(25(28)27(32)33)35-15-19-7-6-8-20(12-19)34-5/h6-14,16H,15H2,1-5H3. The number of pyridine rings is 2. The van der Waals surface area contributed by atoms with E-state index >= 15 is 0 Å². The predicted octanol–water partition coefficient (Wildman–Crippen LogP) is 5.67. The first kappa shape index (κ1) is 24.4. The van der Waals surface area contributed by atoms with Crippen molar-refractivity contribution >= 4 is 11.6 Å². The molecule has 3 aromatic heterocycles. The van der Waals surface area contributed by atoms with Crippen LogP contribution in [-0.4, -0.2) is 26.6 Å². The van der Waals surface area contributed by atoms with Crippen molar-refractivity contribution in [2.45, 2.75) is 40.2 Å². The van der Waals surface area contributed by atoms with E-state index in [1.807, 2.05) is 64.1 Å². The molecule has 0 aliphatic heterocycles.